The van der Waals surface area contributed by atoms with Crippen molar-refractivity contribution in [2.24, 2.45) is 0 Å². The van der Waals surface area contributed by atoms with Crippen LogP contribution in [0.15, 0.2) is 53.4 Å². The fraction of sp³-hybridized carbons (Fsp3) is 0.350. The van der Waals surface area contributed by atoms with Crippen LogP contribution >= 0.6 is 23.4 Å². The predicted molar refractivity (Wildman–Crippen MR) is 111 cm³/mol. The highest BCUT2D eigenvalue weighted by Crippen LogP contribution is 2.23. The molecule has 4 nitrogen and oxygen atoms in total. The van der Waals surface area contributed by atoms with Crippen molar-refractivity contribution in [1.82, 2.24) is 10.2 Å². The first kappa shape index (κ1) is 19.1. The van der Waals surface area contributed by atoms with Crippen molar-refractivity contribution >= 4 is 35.0 Å². The molecule has 2 aromatic rings. The van der Waals surface area contributed by atoms with Gasteiger partial charge in [0.15, 0.2) is 0 Å². The largest absolute Gasteiger partial charge is 0.369 e. The maximum Gasteiger partial charge on any atom is 0.252 e. The van der Waals surface area contributed by atoms with Crippen molar-refractivity contribution in [3.63, 3.8) is 0 Å². The standard InChI is InChI=1S/C20H24ClN3OS/c1-26-17-7-8-19(21)18(15-17)20(25)22-9-10-23-11-13-24(14-12-23)16-5-3-2-4-6-16/h2-8,15H,9-14H2,1H3,(H,22,25). The summed E-state index contributed by atoms with van der Waals surface area (Å²) in [6.07, 6.45) is 1.99. The minimum absolute atomic E-state index is 0.103. The molecule has 1 aliphatic rings. The Morgan fingerprint density at radius 3 is 2.54 bits per heavy atom. The molecule has 1 saturated heterocycles. The second kappa shape index (κ2) is 9.31. The summed E-state index contributed by atoms with van der Waals surface area (Å²) in [5, 5.41) is 3.49. The van der Waals surface area contributed by atoms with Gasteiger partial charge in [-0.3, -0.25) is 9.69 Å². The molecule has 1 N–H and O–H groups in total. The first-order valence-electron chi connectivity index (χ1n) is 8.81. The lowest BCUT2D eigenvalue weighted by Crippen LogP contribution is -2.48. The summed E-state index contributed by atoms with van der Waals surface area (Å²) in [6.45, 7) is 5.53. The Bertz CT molecular complexity index is 733. The molecule has 0 aliphatic carbocycles. The van der Waals surface area contributed by atoms with E-state index in [1.54, 1.807) is 17.8 Å². The van der Waals surface area contributed by atoms with E-state index in [0.29, 0.717) is 17.1 Å². The summed E-state index contributed by atoms with van der Waals surface area (Å²) in [5.41, 5.74) is 1.83. The molecule has 0 unspecified atom stereocenters. The maximum atomic E-state index is 12.4. The zero-order valence-corrected chi connectivity index (χ0v) is 16.5. The summed E-state index contributed by atoms with van der Waals surface area (Å²) in [7, 11) is 0. The number of para-hydroxylation sites is 1. The van der Waals surface area contributed by atoms with Gasteiger partial charge in [0, 0.05) is 49.9 Å². The van der Waals surface area contributed by atoms with Crippen LogP contribution in [-0.4, -0.2) is 56.3 Å². The van der Waals surface area contributed by atoms with E-state index in [-0.39, 0.29) is 5.91 Å². The minimum atomic E-state index is -0.103. The molecule has 1 fully saturated rings. The lowest BCUT2D eigenvalue weighted by Gasteiger charge is -2.36. The minimum Gasteiger partial charge on any atom is -0.369 e. The number of carbonyl (C=O) groups excluding carboxylic acids is 1. The van der Waals surface area contributed by atoms with Crippen LogP contribution in [0, 0.1) is 0 Å². The summed E-state index contributed by atoms with van der Waals surface area (Å²) >= 11 is 7.77. The third-order valence-corrected chi connectivity index (χ3v) is 5.68. The summed E-state index contributed by atoms with van der Waals surface area (Å²) in [4.78, 5) is 18.2. The molecule has 1 aliphatic heterocycles. The average molecular weight is 390 g/mol. The van der Waals surface area contributed by atoms with E-state index in [0.717, 1.165) is 37.6 Å². The third kappa shape index (κ3) is 4.93. The lowest BCUT2D eigenvalue weighted by atomic mass is 10.2. The number of carbonyl (C=O) groups is 1. The average Bonchev–Trinajstić information content (AvgIpc) is 2.69. The normalized spacial score (nSPS) is 15.1. The van der Waals surface area contributed by atoms with Gasteiger partial charge in [-0.2, -0.15) is 0 Å². The first-order chi connectivity index (χ1) is 12.7. The lowest BCUT2D eigenvalue weighted by molar-refractivity contribution is 0.0947. The van der Waals surface area contributed by atoms with Crippen molar-refractivity contribution in [2.45, 2.75) is 4.90 Å². The fourth-order valence-electron chi connectivity index (χ4n) is 3.10. The Hall–Kier alpha value is -1.69. The van der Waals surface area contributed by atoms with Crippen molar-refractivity contribution < 1.29 is 4.79 Å². The van der Waals surface area contributed by atoms with E-state index >= 15 is 0 Å². The SMILES string of the molecule is CSc1ccc(Cl)c(C(=O)NCCN2CCN(c3ccccc3)CC2)c1. The molecular weight excluding hydrogens is 366 g/mol. The molecule has 26 heavy (non-hydrogen) atoms. The van der Waals surface area contributed by atoms with E-state index in [1.807, 2.05) is 24.5 Å². The monoisotopic (exact) mass is 389 g/mol. The molecular formula is C20H24ClN3OS. The Balaban J connectivity index is 1.44. The van der Waals surface area contributed by atoms with Crippen molar-refractivity contribution in [2.75, 3.05) is 50.4 Å². The smallest absolute Gasteiger partial charge is 0.252 e. The van der Waals surface area contributed by atoms with E-state index in [4.69, 9.17) is 11.6 Å². The number of benzene rings is 2. The molecule has 3 rings (SSSR count). The van der Waals surface area contributed by atoms with Gasteiger partial charge in [-0.05, 0) is 36.6 Å². The number of nitrogens with one attached hydrogen (secondary N) is 1. The van der Waals surface area contributed by atoms with Crippen LogP contribution in [0.2, 0.25) is 5.02 Å². The topological polar surface area (TPSA) is 35.6 Å². The summed E-state index contributed by atoms with van der Waals surface area (Å²) < 4.78 is 0. The van der Waals surface area contributed by atoms with Crippen LogP contribution in [0.4, 0.5) is 5.69 Å². The van der Waals surface area contributed by atoms with Gasteiger partial charge in [0.05, 0.1) is 10.6 Å². The molecule has 6 heteroatoms. The second-order valence-electron chi connectivity index (χ2n) is 6.27. The molecule has 0 bridgehead atoms. The number of rotatable bonds is 6. The molecule has 0 aromatic heterocycles. The maximum absolute atomic E-state index is 12.4. The molecule has 1 amide bonds. The summed E-state index contributed by atoms with van der Waals surface area (Å²) in [6, 6.07) is 16.1. The van der Waals surface area contributed by atoms with E-state index in [1.165, 1.54) is 5.69 Å². The van der Waals surface area contributed by atoms with Gasteiger partial charge >= 0.3 is 0 Å². The Morgan fingerprint density at radius 1 is 1.12 bits per heavy atom. The van der Waals surface area contributed by atoms with Crippen molar-refractivity contribution in [3.8, 4) is 0 Å². The van der Waals surface area contributed by atoms with Crippen LogP contribution in [-0.2, 0) is 0 Å². The Morgan fingerprint density at radius 2 is 1.85 bits per heavy atom. The van der Waals surface area contributed by atoms with Crippen LogP contribution in [0.5, 0.6) is 0 Å². The van der Waals surface area contributed by atoms with Gasteiger partial charge in [-0.15, -0.1) is 11.8 Å². The van der Waals surface area contributed by atoms with E-state index in [2.05, 4.69) is 39.4 Å². The number of amides is 1. The van der Waals surface area contributed by atoms with Gasteiger partial charge in [0.2, 0.25) is 0 Å². The van der Waals surface area contributed by atoms with Gasteiger partial charge in [0.1, 0.15) is 0 Å². The van der Waals surface area contributed by atoms with Crippen LogP contribution in [0.3, 0.4) is 0 Å². The zero-order chi connectivity index (χ0) is 18.4. The predicted octanol–water partition coefficient (Wildman–Crippen LogP) is 3.61. The highest BCUT2D eigenvalue weighted by atomic mass is 35.5. The number of hydrogen-bond acceptors (Lipinski definition) is 4. The number of halogens is 1. The third-order valence-electron chi connectivity index (χ3n) is 4.63. The summed E-state index contributed by atoms with van der Waals surface area (Å²) in [5.74, 6) is -0.103. The molecule has 0 radical (unpaired) electrons. The Kier molecular flexibility index (Phi) is 6.83. The first-order valence-corrected chi connectivity index (χ1v) is 10.4. The molecule has 0 atom stereocenters. The molecule has 1 heterocycles. The number of anilines is 1. The fourth-order valence-corrected chi connectivity index (χ4v) is 3.74. The number of nitrogens with zero attached hydrogens (tertiary/aromatic N) is 2. The highest BCUT2D eigenvalue weighted by molar-refractivity contribution is 7.98. The molecule has 0 spiro atoms. The van der Waals surface area contributed by atoms with E-state index in [9.17, 15) is 4.79 Å². The van der Waals surface area contributed by atoms with Gasteiger partial charge in [-0.25, -0.2) is 0 Å². The molecule has 0 saturated carbocycles. The number of piperazine rings is 1. The highest BCUT2D eigenvalue weighted by Gasteiger charge is 2.17. The van der Waals surface area contributed by atoms with Gasteiger partial charge in [0.25, 0.3) is 5.91 Å². The Labute approximate surface area is 164 Å². The molecule has 138 valence electrons. The number of thioether (sulfide) groups is 1. The van der Waals surface area contributed by atoms with Crippen LogP contribution in [0.1, 0.15) is 10.4 Å². The van der Waals surface area contributed by atoms with Gasteiger partial charge in [-0.1, -0.05) is 29.8 Å². The van der Waals surface area contributed by atoms with Crippen LogP contribution in [0.25, 0.3) is 0 Å². The molecule has 2 aromatic carbocycles. The van der Waals surface area contributed by atoms with Crippen molar-refractivity contribution in [1.29, 1.82) is 0 Å². The zero-order valence-electron chi connectivity index (χ0n) is 15.0. The quantitative estimate of drug-likeness (QED) is 0.765. The second-order valence-corrected chi connectivity index (χ2v) is 7.55. The van der Waals surface area contributed by atoms with Crippen molar-refractivity contribution in [3.05, 3.63) is 59.1 Å². The van der Waals surface area contributed by atoms with Crippen LogP contribution < -0.4 is 10.2 Å². The number of hydrogen-bond donors (Lipinski definition) is 1. The van der Waals surface area contributed by atoms with Gasteiger partial charge < -0.3 is 10.2 Å². The van der Waals surface area contributed by atoms with E-state index < -0.39 is 0 Å².